The normalized spacial score (nSPS) is 22.3. The summed E-state index contributed by atoms with van der Waals surface area (Å²) in [6.45, 7) is 0.766. The zero-order chi connectivity index (χ0) is 18.2. The van der Waals surface area contributed by atoms with Gasteiger partial charge in [0, 0.05) is 19.0 Å². The molecule has 1 saturated heterocycles. The first kappa shape index (κ1) is 17.8. The molecule has 2 unspecified atom stereocenters. The summed E-state index contributed by atoms with van der Waals surface area (Å²) in [7, 11) is 0. The summed E-state index contributed by atoms with van der Waals surface area (Å²) in [5.74, 6) is -0.832. The van der Waals surface area contributed by atoms with E-state index < -0.39 is 30.6 Å². The fourth-order valence-corrected chi connectivity index (χ4v) is 3.36. The molecule has 0 N–H and O–H groups in total. The van der Waals surface area contributed by atoms with Crippen LogP contribution in [0.3, 0.4) is 0 Å². The van der Waals surface area contributed by atoms with Crippen LogP contribution in [0.2, 0.25) is 0 Å². The van der Waals surface area contributed by atoms with Gasteiger partial charge in [-0.05, 0) is 37.8 Å². The van der Waals surface area contributed by atoms with Crippen molar-refractivity contribution in [2.24, 2.45) is 11.8 Å². The maximum atomic E-state index is 12.9. The topological polar surface area (TPSA) is 53.8 Å². The molecule has 25 heavy (non-hydrogen) atoms. The number of halogens is 3. The monoisotopic (exact) mass is 358 g/mol. The third kappa shape index (κ3) is 4.35. The van der Waals surface area contributed by atoms with E-state index in [1.165, 1.54) is 11.2 Å². The van der Waals surface area contributed by atoms with Crippen molar-refractivity contribution in [2.45, 2.75) is 44.9 Å². The van der Waals surface area contributed by atoms with Gasteiger partial charge >= 0.3 is 6.18 Å². The van der Waals surface area contributed by atoms with Crippen LogP contribution < -0.4 is 0 Å². The number of hydrogen-bond acceptors (Lipinski definition) is 3. The highest BCUT2D eigenvalue weighted by molar-refractivity contribution is 5.89. The van der Waals surface area contributed by atoms with Crippen molar-refractivity contribution >= 4 is 11.8 Å². The number of likely N-dealkylation sites (tertiary alicyclic amines) is 1. The van der Waals surface area contributed by atoms with E-state index in [1.54, 1.807) is 19.1 Å². The van der Waals surface area contributed by atoms with Crippen LogP contribution in [-0.2, 0) is 16.1 Å². The third-order valence-corrected chi connectivity index (χ3v) is 4.92. The van der Waals surface area contributed by atoms with E-state index in [9.17, 15) is 22.8 Å². The van der Waals surface area contributed by atoms with Gasteiger partial charge in [-0.2, -0.15) is 13.2 Å². The molecule has 3 rings (SSSR count). The van der Waals surface area contributed by atoms with Gasteiger partial charge in [0.2, 0.25) is 11.8 Å². The number of nitrogens with zero attached hydrogens (tertiary/aromatic N) is 2. The molecule has 1 aromatic rings. The fraction of sp³-hybridized carbons (Fsp3) is 0.647. The van der Waals surface area contributed by atoms with Crippen molar-refractivity contribution in [1.82, 2.24) is 9.80 Å². The second kappa shape index (κ2) is 6.72. The van der Waals surface area contributed by atoms with E-state index >= 15 is 0 Å². The highest BCUT2D eigenvalue weighted by Gasteiger charge is 2.44. The molecule has 1 aromatic heterocycles. The van der Waals surface area contributed by atoms with Crippen molar-refractivity contribution < 1.29 is 27.2 Å². The van der Waals surface area contributed by atoms with E-state index in [0.29, 0.717) is 5.76 Å². The molecule has 0 radical (unpaired) electrons. The Morgan fingerprint density at radius 1 is 1.44 bits per heavy atom. The van der Waals surface area contributed by atoms with Gasteiger partial charge in [-0.1, -0.05) is 0 Å². The maximum Gasteiger partial charge on any atom is 0.406 e. The van der Waals surface area contributed by atoms with Gasteiger partial charge in [0.05, 0.1) is 18.7 Å². The summed E-state index contributed by atoms with van der Waals surface area (Å²) in [4.78, 5) is 27.2. The molecule has 0 spiro atoms. The second-order valence-electron chi connectivity index (χ2n) is 6.91. The minimum Gasteiger partial charge on any atom is -0.467 e. The molecular formula is C17H21F3N2O3. The molecule has 2 amide bonds. The largest absolute Gasteiger partial charge is 0.467 e. The summed E-state index contributed by atoms with van der Waals surface area (Å²) in [6.07, 6.45) is -1.32. The van der Waals surface area contributed by atoms with Gasteiger partial charge < -0.3 is 14.2 Å². The van der Waals surface area contributed by atoms with Crippen LogP contribution in [0.4, 0.5) is 13.2 Å². The van der Waals surface area contributed by atoms with Gasteiger partial charge in [-0.3, -0.25) is 9.59 Å². The van der Waals surface area contributed by atoms with E-state index in [1.807, 2.05) is 0 Å². The quantitative estimate of drug-likeness (QED) is 0.786. The predicted octanol–water partition coefficient (Wildman–Crippen LogP) is 2.82. The first-order chi connectivity index (χ1) is 11.7. The molecule has 0 bridgehead atoms. The molecular weight excluding hydrogens is 337 g/mol. The van der Waals surface area contributed by atoms with Gasteiger partial charge in [0.1, 0.15) is 12.3 Å². The number of carbonyl (C=O) groups excluding carboxylic acids is 2. The summed E-state index contributed by atoms with van der Waals surface area (Å²) in [6, 6.07) is 2.96. The van der Waals surface area contributed by atoms with Gasteiger partial charge in [0.15, 0.2) is 0 Å². The molecule has 0 aromatic carbocycles. The van der Waals surface area contributed by atoms with Crippen molar-refractivity contribution in [3.63, 3.8) is 0 Å². The van der Waals surface area contributed by atoms with Crippen LogP contribution in [0.15, 0.2) is 22.8 Å². The predicted molar refractivity (Wildman–Crippen MR) is 82.2 cm³/mol. The lowest BCUT2D eigenvalue weighted by Gasteiger charge is -2.32. The molecule has 1 saturated carbocycles. The fourth-order valence-electron chi connectivity index (χ4n) is 3.36. The molecule has 1 aliphatic heterocycles. The van der Waals surface area contributed by atoms with Gasteiger partial charge in [0.25, 0.3) is 0 Å². The highest BCUT2D eigenvalue weighted by atomic mass is 19.4. The average molecular weight is 358 g/mol. The first-order valence-electron chi connectivity index (χ1n) is 8.42. The number of furan rings is 1. The summed E-state index contributed by atoms with van der Waals surface area (Å²) < 4.78 is 43.9. The van der Waals surface area contributed by atoms with Crippen LogP contribution in [0, 0.1) is 11.8 Å². The smallest absolute Gasteiger partial charge is 0.406 e. The lowest BCUT2D eigenvalue weighted by atomic mass is 10.0. The lowest BCUT2D eigenvalue weighted by Crippen LogP contribution is -2.48. The zero-order valence-electron chi connectivity index (χ0n) is 14.0. The molecule has 2 fully saturated rings. The van der Waals surface area contributed by atoms with Crippen molar-refractivity contribution in [1.29, 1.82) is 0 Å². The summed E-state index contributed by atoms with van der Waals surface area (Å²) in [5, 5.41) is 0. The molecule has 138 valence electrons. The van der Waals surface area contributed by atoms with E-state index in [2.05, 4.69) is 0 Å². The number of rotatable bonds is 6. The van der Waals surface area contributed by atoms with Crippen LogP contribution >= 0.6 is 0 Å². The van der Waals surface area contributed by atoms with Crippen molar-refractivity contribution in [3.8, 4) is 0 Å². The third-order valence-electron chi connectivity index (χ3n) is 4.92. The molecule has 2 atom stereocenters. The number of amides is 2. The Balaban J connectivity index is 1.68. The Bertz CT molecular complexity index is 626. The second-order valence-corrected chi connectivity index (χ2v) is 6.91. The van der Waals surface area contributed by atoms with Crippen LogP contribution in [-0.4, -0.2) is 46.9 Å². The Kier molecular flexibility index (Phi) is 4.79. The minimum absolute atomic E-state index is 0.0503. The Labute approximate surface area is 143 Å². The minimum atomic E-state index is -4.45. The Morgan fingerprint density at radius 3 is 2.72 bits per heavy atom. The number of carbonyl (C=O) groups is 2. The Hall–Kier alpha value is -1.99. The maximum absolute atomic E-state index is 12.9. The SMILES string of the molecule is CC(C1CC1)N(CC(F)(F)F)C(=O)C1CC(=O)N(Cc2ccco2)C1. The van der Waals surface area contributed by atoms with Crippen molar-refractivity contribution in [2.75, 3.05) is 13.1 Å². The van der Waals surface area contributed by atoms with Gasteiger partial charge in [-0.15, -0.1) is 0 Å². The summed E-state index contributed by atoms with van der Waals surface area (Å²) >= 11 is 0. The van der Waals surface area contributed by atoms with Gasteiger partial charge in [-0.25, -0.2) is 0 Å². The molecule has 1 aliphatic carbocycles. The van der Waals surface area contributed by atoms with Crippen LogP contribution in [0.25, 0.3) is 0 Å². The molecule has 2 heterocycles. The highest BCUT2D eigenvalue weighted by Crippen LogP contribution is 2.37. The summed E-state index contributed by atoms with van der Waals surface area (Å²) in [5.41, 5.74) is 0. The standard InChI is InChI=1S/C17H21F3N2O3/c1-11(12-4-5-12)22(10-17(18,19)20)16(24)13-7-15(23)21(8-13)9-14-3-2-6-25-14/h2-3,6,11-13H,4-5,7-10H2,1H3. The number of alkyl halides is 3. The molecule has 8 heteroatoms. The Morgan fingerprint density at radius 2 is 2.16 bits per heavy atom. The van der Waals surface area contributed by atoms with E-state index in [4.69, 9.17) is 4.42 Å². The average Bonchev–Trinajstić information content (AvgIpc) is 3.14. The van der Waals surface area contributed by atoms with E-state index in [0.717, 1.165) is 17.7 Å². The number of hydrogen-bond donors (Lipinski definition) is 0. The first-order valence-corrected chi connectivity index (χ1v) is 8.42. The zero-order valence-corrected chi connectivity index (χ0v) is 14.0. The molecule has 5 nitrogen and oxygen atoms in total. The van der Waals surface area contributed by atoms with E-state index in [-0.39, 0.29) is 31.3 Å². The molecule has 2 aliphatic rings. The van der Waals surface area contributed by atoms with Crippen LogP contribution in [0.5, 0.6) is 0 Å². The van der Waals surface area contributed by atoms with Crippen molar-refractivity contribution in [3.05, 3.63) is 24.2 Å². The lowest BCUT2D eigenvalue weighted by molar-refractivity contribution is -0.168. The van der Waals surface area contributed by atoms with Crippen LogP contribution in [0.1, 0.15) is 31.9 Å².